The molecular weight excluding hydrogens is 448 g/mol. The lowest BCUT2D eigenvalue weighted by Crippen LogP contribution is -2.18. The first kappa shape index (κ1) is 21.1. The number of rotatable bonds is 5. The van der Waals surface area contributed by atoms with Crippen molar-refractivity contribution in [3.63, 3.8) is 0 Å². The number of para-hydroxylation sites is 1. The second-order valence-corrected chi connectivity index (χ2v) is 9.84. The number of aromatic nitrogens is 2. The number of thiophene rings is 1. The first-order chi connectivity index (χ1) is 14.7. The Labute approximate surface area is 179 Å². The van der Waals surface area contributed by atoms with Gasteiger partial charge >= 0.3 is 5.76 Å². The van der Waals surface area contributed by atoms with Crippen molar-refractivity contribution < 1.29 is 26.5 Å². The molecule has 1 amide bonds. The highest BCUT2D eigenvalue weighted by Crippen LogP contribution is 2.32. The molecule has 4 rings (SSSR count). The van der Waals surface area contributed by atoms with Crippen LogP contribution in [-0.2, 0) is 9.84 Å². The summed E-state index contributed by atoms with van der Waals surface area (Å²) in [4.78, 5) is 18.7. The van der Waals surface area contributed by atoms with Crippen LogP contribution in [0.3, 0.4) is 0 Å². The average Bonchev–Trinajstić information content (AvgIpc) is 3.33. The predicted octanol–water partition coefficient (Wildman–Crippen LogP) is 4.82. The van der Waals surface area contributed by atoms with E-state index in [0.29, 0.717) is 16.8 Å². The van der Waals surface area contributed by atoms with E-state index in [2.05, 4.69) is 15.5 Å². The summed E-state index contributed by atoms with van der Waals surface area (Å²) in [6.07, 6.45) is 0. The number of alkyl halides is 2. The van der Waals surface area contributed by atoms with Crippen LogP contribution in [0.2, 0.25) is 0 Å². The molecule has 0 aliphatic rings. The number of halogens is 2. The van der Waals surface area contributed by atoms with Crippen LogP contribution in [0.25, 0.3) is 21.7 Å². The molecule has 0 atom stereocenters. The molecule has 0 aliphatic heterocycles. The van der Waals surface area contributed by atoms with Gasteiger partial charge in [0.2, 0.25) is 9.84 Å². The molecule has 0 radical (unpaired) electrons. The number of benzene rings is 1. The summed E-state index contributed by atoms with van der Waals surface area (Å²) in [6.45, 7) is 3.56. The standard InChI is InChI=1S/C20H15F2N3O4S2/c1-10-7-8-15(30-10)14-9-12(17-11(2)25-29-19(17)24-14)18(26)23-13-5-3-4-6-16(13)31(27,28)20(21)22/h3-9,20H,1-2H3,(H,23,26). The number of carbonyl (C=O) groups is 1. The molecule has 3 aromatic heterocycles. The molecule has 31 heavy (non-hydrogen) atoms. The number of anilines is 1. The second-order valence-electron chi connectivity index (χ2n) is 6.67. The van der Waals surface area contributed by atoms with E-state index in [-0.39, 0.29) is 17.0 Å². The van der Waals surface area contributed by atoms with Gasteiger partial charge in [-0.25, -0.2) is 13.4 Å². The number of nitrogens with zero attached hydrogens (tertiary/aromatic N) is 2. The molecule has 11 heteroatoms. The Balaban J connectivity index is 1.82. The number of carbonyl (C=O) groups excluding carboxylic acids is 1. The van der Waals surface area contributed by atoms with Crippen molar-refractivity contribution >= 4 is 43.9 Å². The van der Waals surface area contributed by atoms with E-state index in [1.165, 1.54) is 35.6 Å². The highest BCUT2D eigenvalue weighted by Gasteiger charge is 2.30. The fraction of sp³-hybridized carbons (Fsp3) is 0.150. The quantitative estimate of drug-likeness (QED) is 0.455. The van der Waals surface area contributed by atoms with Crippen LogP contribution in [-0.4, -0.2) is 30.2 Å². The van der Waals surface area contributed by atoms with Gasteiger partial charge in [-0.2, -0.15) is 8.78 Å². The van der Waals surface area contributed by atoms with Crippen molar-refractivity contribution in [2.24, 2.45) is 0 Å². The molecule has 0 unspecified atom stereocenters. The van der Waals surface area contributed by atoms with Crippen molar-refractivity contribution in [3.05, 3.63) is 58.6 Å². The second kappa shape index (κ2) is 7.82. The Kier molecular flexibility index (Phi) is 5.31. The zero-order valence-corrected chi connectivity index (χ0v) is 17.9. The van der Waals surface area contributed by atoms with Gasteiger partial charge in [-0.3, -0.25) is 4.79 Å². The van der Waals surface area contributed by atoms with Crippen LogP contribution < -0.4 is 5.32 Å². The summed E-state index contributed by atoms with van der Waals surface area (Å²) in [5.41, 5.74) is 0.907. The van der Waals surface area contributed by atoms with E-state index in [1.54, 1.807) is 6.92 Å². The molecule has 0 spiro atoms. The molecule has 0 saturated heterocycles. The lowest BCUT2D eigenvalue weighted by Gasteiger charge is -2.12. The monoisotopic (exact) mass is 463 g/mol. The minimum atomic E-state index is -4.91. The number of amides is 1. The Bertz CT molecular complexity index is 1410. The summed E-state index contributed by atoms with van der Waals surface area (Å²) >= 11 is 1.47. The van der Waals surface area contributed by atoms with E-state index < -0.39 is 26.4 Å². The number of pyridine rings is 1. The minimum Gasteiger partial charge on any atom is -0.335 e. The fourth-order valence-corrected chi connectivity index (χ4v) is 4.79. The van der Waals surface area contributed by atoms with Crippen molar-refractivity contribution in [2.75, 3.05) is 5.32 Å². The van der Waals surface area contributed by atoms with Gasteiger partial charge in [0.1, 0.15) is 0 Å². The smallest absolute Gasteiger partial charge is 0.335 e. The van der Waals surface area contributed by atoms with Gasteiger partial charge in [-0.15, -0.1) is 11.3 Å². The third-order valence-corrected chi connectivity index (χ3v) is 6.99. The normalized spacial score (nSPS) is 11.9. The van der Waals surface area contributed by atoms with Gasteiger partial charge in [0.15, 0.2) is 0 Å². The summed E-state index contributed by atoms with van der Waals surface area (Å²) in [6, 6.07) is 10.3. The van der Waals surface area contributed by atoms with Gasteiger partial charge in [0.25, 0.3) is 11.6 Å². The van der Waals surface area contributed by atoms with Gasteiger partial charge in [-0.1, -0.05) is 17.3 Å². The average molecular weight is 463 g/mol. The predicted molar refractivity (Wildman–Crippen MR) is 112 cm³/mol. The van der Waals surface area contributed by atoms with Crippen LogP contribution in [0, 0.1) is 13.8 Å². The molecule has 7 nitrogen and oxygen atoms in total. The largest absolute Gasteiger partial charge is 0.341 e. The molecule has 1 aromatic carbocycles. The van der Waals surface area contributed by atoms with Crippen LogP contribution >= 0.6 is 11.3 Å². The highest BCUT2D eigenvalue weighted by atomic mass is 32.2. The van der Waals surface area contributed by atoms with E-state index in [1.807, 2.05) is 19.1 Å². The highest BCUT2D eigenvalue weighted by molar-refractivity contribution is 7.91. The van der Waals surface area contributed by atoms with Crippen molar-refractivity contribution in [1.29, 1.82) is 0 Å². The lowest BCUT2D eigenvalue weighted by molar-refractivity contribution is 0.102. The number of sulfone groups is 1. The zero-order chi connectivity index (χ0) is 22.3. The van der Waals surface area contributed by atoms with Crippen molar-refractivity contribution in [2.45, 2.75) is 24.5 Å². The molecule has 3 heterocycles. The van der Waals surface area contributed by atoms with Gasteiger partial charge in [0, 0.05) is 4.88 Å². The number of hydrogen-bond donors (Lipinski definition) is 1. The summed E-state index contributed by atoms with van der Waals surface area (Å²) < 4.78 is 55.4. The fourth-order valence-electron chi connectivity index (χ4n) is 3.08. The molecule has 0 bridgehead atoms. The topological polar surface area (TPSA) is 102 Å². The summed E-state index contributed by atoms with van der Waals surface area (Å²) in [7, 11) is -4.91. The van der Waals surface area contributed by atoms with Crippen LogP contribution in [0.5, 0.6) is 0 Å². The first-order valence-corrected chi connectivity index (χ1v) is 11.3. The molecule has 0 fully saturated rings. The van der Waals surface area contributed by atoms with E-state index in [9.17, 15) is 22.0 Å². The molecule has 0 saturated carbocycles. The third kappa shape index (κ3) is 3.81. The molecule has 4 aromatic rings. The lowest BCUT2D eigenvalue weighted by atomic mass is 10.1. The van der Waals surface area contributed by atoms with Gasteiger partial charge < -0.3 is 9.84 Å². The molecular formula is C20H15F2N3O4S2. The summed E-state index contributed by atoms with van der Waals surface area (Å²) in [5, 5.41) is 6.64. The zero-order valence-electron chi connectivity index (χ0n) is 16.2. The van der Waals surface area contributed by atoms with Crippen molar-refractivity contribution in [1.82, 2.24) is 10.1 Å². The minimum absolute atomic E-state index is 0.133. The van der Waals surface area contributed by atoms with E-state index in [4.69, 9.17) is 4.52 Å². The maximum absolute atomic E-state index is 13.1. The number of aryl methyl sites for hydroxylation is 2. The maximum Gasteiger partial charge on any atom is 0.341 e. The Morgan fingerprint density at radius 1 is 1.16 bits per heavy atom. The van der Waals surface area contributed by atoms with Crippen LogP contribution in [0.4, 0.5) is 14.5 Å². The molecule has 160 valence electrons. The molecule has 1 N–H and O–H groups in total. The van der Waals surface area contributed by atoms with E-state index in [0.717, 1.165) is 15.8 Å². The Hall–Kier alpha value is -3.18. The number of hydrogen-bond acceptors (Lipinski definition) is 7. The third-order valence-electron chi connectivity index (χ3n) is 4.53. The van der Waals surface area contributed by atoms with Crippen molar-refractivity contribution in [3.8, 4) is 10.6 Å². The SMILES string of the molecule is Cc1ccc(-c2cc(C(=O)Nc3ccccc3S(=O)(=O)C(F)F)c3c(C)noc3n2)s1. The Morgan fingerprint density at radius 2 is 1.90 bits per heavy atom. The first-order valence-electron chi connectivity index (χ1n) is 8.94. The van der Waals surface area contributed by atoms with Crippen LogP contribution in [0.1, 0.15) is 20.9 Å². The number of nitrogens with one attached hydrogen (secondary N) is 1. The van der Waals surface area contributed by atoms with Gasteiger partial charge in [-0.05, 0) is 44.2 Å². The summed E-state index contributed by atoms with van der Waals surface area (Å²) in [5.74, 6) is -4.32. The Morgan fingerprint density at radius 3 is 2.58 bits per heavy atom. The van der Waals surface area contributed by atoms with Crippen LogP contribution in [0.15, 0.2) is 51.9 Å². The van der Waals surface area contributed by atoms with E-state index >= 15 is 0 Å². The number of fused-ring (bicyclic) bond motifs is 1. The maximum atomic E-state index is 13.1. The molecule has 0 aliphatic carbocycles. The van der Waals surface area contributed by atoms with Gasteiger partial charge in [0.05, 0.1) is 37.8 Å².